The average molecular weight is 669 g/mol. The Morgan fingerprint density at radius 2 is 1.96 bits per heavy atom. The summed E-state index contributed by atoms with van der Waals surface area (Å²) in [5.74, 6) is -1.37. The molecule has 4 N–H and O–H groups in total. The number of pyridine rings is 1. The fraction of sp³-hybridized carbons (Fsp3) is 0.588. The van der Waals surface area contributed by atoms with Crippen LogP contribution in [0, 0.1) is 17.8 Å². The number of carbonyl (C=O) groups excluding carboxylic acids is 3. The van der Waals surface area contributed by atoms with Gasteiger partial charge in [0.1, 0.15) is 23.5 Å². The van der Waals surface area contributed by atoms with E-state index in [-0.39, 0.29) is 37.8 Å². The van der Waals surface area contributed by atoms with Gasteiger partial charge in [0, 0.05) is 23.9 Å². The van der Waals surface area contributed by atoms with E-state index in [1.807, 2.05) is 19.1 Å². The minimum absolute atomic E-state index is 0.0272. The summed E-state index contributed by atoms with van der Waals surface area (Å²) < 4.78 is 24.6. The average Bonchev–Trinajstić information content (AvgIpc) is 3.63. The van der Waals surface area contributed by atoms with Crippen molar-refractivity contribution in [2.75, 3.05) is 13.2 Å². The van der Waals surface area contributed by atoms with E-state index >= 15 is 0 Å². The summed E-state index contributed by atoms with van der Waals surface area (Å²) in [4.78, 5) is 67.9. The lowest BCUT2D eigenvalue weighted by atomic mass is 9.83. The molecule has 2 unspecified atom stereocenters. The lowest BCUT2D eigenvalue weighted by Crippen LogP contribution is -2.57. The summed E-state index contributed by atoms with van der Waals surface area (Å²) in [5, 5.41) is 5.47. The van der Waals surface area contributed by atoms with Crippen LogP contribution in [0.1, 0.15) is 70.3 Å². The summed E-state index contributed by atoms with van der Waals surface area (Å²) in [7, 11) is -4.77. The SMILES string of the molecule is C=CC1CC1(NC(=O)[C@@H]1C[C@@H]2CN1C(=O)[C@H](C1CCCCC1)NC(=O)OC[C@@H](C)CCCc1ccc3ccnc(c3c1)O2)P(=O)(O)O. The van der Waals surface area contributed by atoms with Crippen LogP contribution in [0.25, 0.3) is 10.8 Å². The maximum absolute atomic E-state index is 14.5. The van der Waals surface area contributed by atoms with Crippen molar-refractivity contribution < 1.29 is 38.2 Å². The van der Waals surface area contributed by atoms with E-state index in [4.69, 9.17) is 9.47 Å². The summed E-state index contributed by atoms with van der Waals surface area (Å²) in [6, 6.07) is 6.04. The predicted molar refractivity (Wildman–Crippen MR) is 174 cm³/mol. The number of rotatable bonds is 5. The second-order valence-corrected chi connectivity index (χ2v) is 15.7. The molecule has 1 aromatic carbocycles. The van der Waals surface area contributed by atoms with E-state index in [9.17, 15) is 28.7 Å². The zero-order valence-corrected chi connectivity index (χ0v) is 27.7. The molecule has 3 heterocycles. The second-order valence-electron chi connectivity index (χ2n) is 13.8. The lowest BCUT2D eigenvalue weighted by molar-refractivity contribution is -0.141. The molecular formula is C34H45N4O8P. The number of hydrogen-bond acceptors (Lipinski definition) is 7. The van der Waals surface area contributed by atoms with Gasteiger partial charge >= 0.3 is 13.7 Å². The van der Waals surface area contributed by atoms with E-state index in [0.29, 0.717) is 5.88 Å². The zero-order valence-electron chi connectivity index (χ0n) is 26.8. The molecule has 6 atom stereocenters. The van der Waals surface area contributed by atoms with Crippen LogP contribution in [0.2, 0.25) is 0 Å². The minimum Gasteiger partial charge on any atom is -0.472 e. The highest BCUT2D eigenvalue weighted by Gasteiger charge is 2.66. The molecule has 1 aromatic heterocycles. The molecule has 2 aromatic rings. The Morgan fingerprint density at radius 3 is 2.68 bits per heavy atom. The quantitative estimate of drug-likeness (QED) is 0.266. The number of amides is 3. The maximum Gasteiger partial charge on any atom is 0.407 e. The van der Waals surface area contributed by atoms with Crippen molar-refractivity contribution in [3.8, 4) is 5.88 Å². The van der Waals surface area contributed by atoms with E-state index in [1.54, 1.807) is 6.20 Å². The van der Waals surface area contributed by atoms with Gasteiger partial charge in [-0.15, -0.1) is 6.58 Å². The third kappa shape index (κ3) is 7.05. The number of carbonyl (C=O) groups is 3. The summed E-state index contributed by atoms with van der Waals surface area (Å²) in [6.45, 7) is 5.94. The molecule has 2 aliphatic heterocycles. The first kappa shape index (κ1) is 33.4. The van der Waals surface area contributed by atoms with Crippen LogP contribution < -0.4 is 15.4 Å². The molecular weight excluding hydrogens is 623 g/mol. The number of ether oxygens (including phenoxy) is 2. The Morgan fingerprint density at radius 1 is 1.17 bits per heavy atom. The van der Waals surface area contributed by atoms with E-state index in [1.165, 1.54) is 11.0 Å². The third-order valence-electron chi connectivity index (χ3n) is 10.4. The molecule has 4 aliphatic rings. The van der Waals surface area contributed by atoms with Gasteiger partial charge in [-0.1, -0.05) is 44.4 Å². The fourth-order valence-electron chi connectivity index (χ4n) is 7.53. The summed E-state index contributed by atoms with van der Waals surface area (Å²) >= 11 is 0. The van der Waals surface area contributed by atoms with Crippen molar-refractivity contribution in [2.24, 2.45) is 17.8 Å². The van der Waals surface area contributed by atoms with Gasteiger partial charge in [-0.2, -0.15) is 0 Å². The highest BCUT2D eigenvalue weighted by atomic mass is 31.2. The van der Waals surface area contributed by atoms with Crippen LogP contribution >= 0.6 is 7.60 Å². The Hall–Kier alpha value is -3.47. The normalized spacial score (nSPS) is 30.9. The Bertz CT molecular complexity index is 1570. The fourth-order valence-corrected chi connectivity index (χ4v) is 8.75. The van der Waals surface area contributed by atoms with E-state index in [2.05, 4.69) is 34.3 Å². The molecule has 3 fully saturated rings. The van der Waals surface area contributed by atoms with Gasteiger partial charge in [-0.3, -0.25) is 14.2 Å². The highest BCUT2D eigenvalue weighted by Crippen LogP contribution is 2.67. The van der Waals surface area contributed by atoms with Crippen molar-refractivity contribution in [3.05, 3.63) is 48.7 Å². The molecule has 12 nitrogen and oxygen atoms in total. The van der Waals surface area contributed by atoms with Crippen molar-refractivity contribution in [2.45, 2.75) is 94.6 Å². The van der Waals surface area contributed by atoms with Crippen LogP contribution in [0.3, 0.4) is 0 Å². The van der Waals surface area contributed by atoms with Crippen LogP contribution in [0.15, 0.2) is 43.1 Å². The number of aromatic nitrogens is 1. The largest absolute Gasteiger partial charge is 0.472 e. The molecule has 2 aliphatic carbocycles. The monoisotopic (exact) mass is 668 g/mol. The maximum atomic E-state index is 14.5. The molecule has 1 saturated heterocycles. The number of cyclic esters (lactones) is 1. The molecule has 2 saturated carbocycles. The summed E-state index contributed by atoms with van der Waals surface area (Å²) in [6.07, 6.45) is 8.81. The number of aryl methyl sites for hydroxylation is 1. The first-order chi connectivity index (χ1) is 22.5. The smallest absolute Gasteiger partial charge is 0.407 e. The topological polar surface area (TPSA) is 167 Å². The zero-order chi connectivity index (χ0) is 33.3. The molecule has 3 amide bonds. The second kappa shape index (κ2) is 13.6. The summed E-state index contributed by atoms with van der Waals surface area (Å²) in [5.41, 5.74) is 1.11. The standard InChI is InChI=1S/C34H45N4O8P/c1-3-25-18-34(25,47(42,43)44)37-30(39)28-17-26-19-38(28)32(40)29(24-10-5-4-6-11-24)36-33(41)45-20-21(2)8-7-9-22-12-13-23-14-15-35-31(46-26)27(23)16-22/h3,12-16,21,24-26,28-29H,1,4-11,17-20H2,2H3,(H,36,41)(H,37,39)(H2,42,43,44)/t21-,25?,26+,28-,29-,34?/m0/s1. The highest BCUT2D eigenvalue weighted by molar-refractivity contribution is 7.54. The molecule has 0 spiro atoms. The Labute approximate surface area is 274 Å². The van der Waals surface area contributed by atoms with Gasteiger partial charge in [0.2, 0.25) is 17.7 Å². The van der Waals surface area contributed by atoms with Gasteiger partial charge in [-0.25, -0.2) is 9.78 Å². The minimum atomic E-state index is -4.77. The lowest BCUT2D eigenvalue weighted by Gasteiger charge is -2.34. The number of hydrogen-bond donors (Lipinski definition) is 4. The van der Waals surface area contributed by atoms with Crippen LogP contribution in [-0.2, 0) is 25.3 Å². The Kier molecular flexibility index (Phi) is 9.65. The van der Waals surface area contributed by atoms with Gasteiger partial charge in [0.05, 0.1) is 13.2 Å². The number of nitrogens with one attached hydrogen (secondary N) is 2. The molecule has 47 heavy (non-hydrogen) atoms. The van der Waals surface area contributed by atoms with E-state index in [0.717, 1.165) is 67.7 Å². The first-order valence-corrected chi connectivity index (χ1v) is 18.4. The third-order valence-corrected chi connectivity index (χ3v) is 12.0. The number of alkyl carbamates (subject to hydrolysis) is 1. The molecule has 254 valence electrons. The van der Waals surface area contributed by atoms with Crippen molar-refractivity contribution in [3.63, 3.8) is 0 Å². The van der Waals surface area contributed by atoms with Crippen molar-refractivity contribution in [1.29, 1.82) is 0 Å². The molecule has 4 bridgehead atoms. The van der Waals surface area contributed by atoms with Crippen LogP contribution in [-0.4, -0.2) is 74.2 Å². The number of nitrogens with zero attached hydrogens (tertiary/aromatic N) is 2. The van der Waals surface area contributed by atoms with Gasteiger partial charge in [-0.05, 0) is 73.4 Å². The van der Waals surface area contributed by atoms with E-state index < -0.39 is 54.9 Å². The predicted octanol–water partition coefficient (Wildman–Crippen LogP) is 4.43. The molecule has 6 rings (SSSR count). The number of benzene rings is 1. The molecule has 0 radical (unpaired) electrons. The number of fused-ring (bicyclic) bond motifs is 3. The van der Waals surface area contributed by atoms with Gasteiger partial charge in [0.15, 0.2) is 0 Å². The van der Waals surface area contributed by atoms with Crippen LogP contribution in [0.5, 0.6) is 5.88 Å². The van der Waals surface area contributed by atoms with Crippen molar-refractivity contribution >= 4 is 36.3 Å². The first-order valence-electron chi connectivity index (χ1n) is 16.8. The Balaban J connectivity index is 1.36. The molecule has 13 heteroatoms. The van der Waals surface area contributed by atoms with Gasteiger partial charge in [0.25, 0.3) is 0 Å². The van der Waals surface area contributed by atoms with Crippen molar-refractivity contribution in [1.82, 2.24) is 20.5 Å². The van der Waals surface area contributed by atoms with Gasteiger partial charge < -0.3 is 34.8 Å². The van der Waals surface area contributed by atoms with Crippen LogP contribution in [0.4, 0.5) is 4.79 Å².